The Morgan fingerprint density at radius 1 is 1.18 bits per heavy atom. The Morgan fingerprint density at radius 2 is 1.86 bits per heavy atom. The first-order valence-corrected chi connectivity index (χ1v) is 8.40. The van der Waals surface area contributed by atoms with Crippen molar-refractivity contribution in [2.45, 2.75) is 18.9 Å². The number of hydrogen-bond donors (Lipinski definition) is 0. The highest BCUT2D eigenvalue weighted by Gasteiger charge is 2.40. The van der Waals surface area contributed by atoms with Gasteiger partial charge in [0.15, 0.2) is 0 Å². The molecule has 2 aliphatic rings. The quantitative estimate of drug-likeness (QED) is 0.792. The zero-order valence-electron chi connectivity index (χ0n) is 13.2. The number of piperidine rings is 1. The molecular formula is C16H21N3O2S. The fourth-order valence-corrected chi connectivity index (χ4v) is 3.92. The molecule has 1 saturated heterocycles. The normalized spacial score (nSPS) is 21.1. The minimum Gasteiger partial charge on any atom is -0.366 e. The topological polar surface area (TPSA) is 43.9 Å². The lowest BCUT2D eigenvalue weighted by atomic mass is 10.0. The van der Waals surface area contributed by atoms with Crippen molar-refractivity contribution in [3.8, 4) is 0 Å². The van der Waals surface area contributed by atoms with E-state index >= 15 is 0 Å². The van der Waals surface area contributed by atoms with Crippen molar-refractivity contribution in [1.29, 1.82) is 0 Å². The number of carbonyl (C=O) groups is 2. The number of imide groups is 1. The molecule has 3 rings (SSSR count). The minimum atomic E-state index is -0.192. The van der Waals surface area contributed by atoms with Crippen LogP contribution >= 0.6 is 11.3 Å². The van der Waals surface area contributed by atoms with Crippen molar-refractivity contribution < 1.29 is 9.59 Å². The Hall–Kier alpha value is -1.66. The van der Waals surface area contributed by atoms with Crippen molar-refractivity contribution in [3.05, 3.63) is 28.1 Å². The predicted molar refractivity (Wildman–Crippen MR) is 87.3 cm³/mol. The Kier molecular flexibility index (Phi) is 4.06. The molecule has 1 fully saturated rings. The molecule has 0 spiro atoms. The summed E-state index contributed by atoms with van der Waals surface area (Å²) in [5, 5.41) is 1.94. The minimum absolute atomic E-state index is 0.185. The molecule has 0 unspecified atom stereocenters. The van der Waals surface area contributed by atoms with Crippen LogP contribution in [-0.4, -0.2) is 66.8 Å². The van der Waals surface area contributed by atoms with Gasteiger partial charge in [0, 0.05) is 25.0 Å². The van der Waals surface area contributed by atoms with Gasteiger partial charge in [-0.1, -0.05) is 6.07 Å². The lowest BCUT2D eigenvalue weighted by Crippen LogP contribution is -2.43. The summed E-state index contributed by atoms with van der Waals surface area (Å²) in [4.78, 5) is 31.5. The van der Waals surface area contributed by atoms with Crippen LogP contribution in [0.5, 0.6) is 0 Å². The number of thiophene rings is 1. The lowest BCUT2D eigenvalue weighted by molar-refractivity contribution is -0.136. The van der Waals surface area contributed by atoms with Crippen molar-refractivity contribution in [2.24, 2.45) is 0 Å². The molecule has 0 atom stereocenters. The summed E-state index contributed by atoms with van der Waals surface area (Å²) >= 11 is 1.50. The average Bonchev–Trinajstić information content (AvgIpc) is 3.10. The smallest absolute Gasteiger partial charge is 0.277 e. The van der Waals surface area contributed by atoms with Gasteiger partial charge in [0.2, 0.25) is 0 Å². The maximum Gasteiger partial charge on any atom is 0.277 e. The molecule has 1 aromatic heterocycles. The predicted octanol–water partition coefficient (Wildman–Crippen LogP) is 1.48. The average molecular weight is 319 g/mol. The Morgan fingerprint density at radius 3 is 2.45 bits per heavy atom. The van der Waals surface area contributed by atoms with Crippen molar-refractivity contribution in [3.63, 3.8) is 0 Å². The van der Waals surface area contributed by atoms with Gasteiger partial charge in [-0.3, -0.25) is 14.5 Å². The second-order valence-corrected chi connectivity index (χ2v) is 6.96. The number of hydrogen-bond acceptors (Lipinski definition) is 5. The third kappa shape index (κ3) is 2.46. The van der Waals surface area contributed by atoms with Gasteiger partial charge in [0.05, 0.1) is 5.57 Å². The highest BCUT2D eigenvalue weighted by molar-refractivity contribution is 7.11. The summed E-state index contributed by atoms with van der Waals surface area (Å²) in [6.45, 7) is 2.04. The van der Waals surface area contributed by atoms with Crippen LogP contribution in [0.1, 0.15) is 17.7 Å². The van der Waals surface area contributed by atoms with E-state index in [0.29, 0.717) is 17.3 Å². The monoisotopic (exact) mass is 319 g/mol. The zero-order chi connectivity index (χ0) is 15.9. The van der Waals surface area contributed by atoms with Gasteiger partial charge in [-0.2, -0.15) is 0 Å². The van der Waals surface area contributed by atoms with Gasteiger partial charge >= 0.3 is 0 Å². The number of nitrogens with zero attached hydrogens (tertiary/aromatic N) is 3. The van der Waals surface area contributed by atoms with Gasteiger partial charge in [0.25, 0.3) is 11.8 Å². The van der Waals surface area contributed by atoms with Gasteiger partial charge in [-0.25, -0.2) is 0 Å². The van der Waals surface area contributed by atoms with E-state index in [2.05, 4.69) is 11.9 Å². The standard InChI is InChI=1S/C16H21N3O2S/c1-17-8-6-11(7-9-17)18(2)14-13(12-5-4-10-22-12)15(20)19(3)16(14)21/h4-5,10-11H,6-9H2,1-3H3. The van der Waals surface area contributed by atoms with Crippen LogP contribution in [0.15, 0.2) is 23.2 Å². The molecule has 0 N–H and O–H groups in total. The number of likely N-dealkylation sites (N-methyl/N-ethyl adjacent to an activating group) is 2. The molecule has 2 amide bonds. The van der Waals surface area contributed by atoms with Crippen molar-refractivity contribution in [2.75, 3.05) is 34.2 Å². The maximum atomic E-state index is 12.6. The SMILES string of the molecule is CN1CCC(N(C)C2=C(c3cccs3)C(=O)N(C)C2=O)CC1. The van der Waals surface area contributed by atoms with E-state index in [4.69, 9.17) is 0 Å². The lowest BCUT2D eigenvalue weighted by Gasteiger charge is -2.36. The van der Waals surface area contributed by atoms with E-state index in [1.165, 1.54) is 16.2 Å². The van der Waals surface area contributed by atoms with E-state index in [1.54, 1.807) is 7.05 Å². The second kappa shape index (κ2) is 5.85. The number of likely N-dealkylation sites (tertiary alicyclic amines) is 1. The molecule has 0 aromatic carbocycles. The van der Waals surface area contributed by atoms with Gasteiger partial charge in [-0.15, -0.1) is 11.3 Å². The molecule has 0 bridgehead atoms. The molecule has 118 valence electrons. The third-order valence-corrected chi connectivity index (χ3v) is 5.51. The first-order valence-electron chi connectivity index (χ1n) is 7.52. The van der Waals surface area contributed by atoms with E-state index in [-0.39, 0.29) is 11.8 Å². The van der Waals surface area contributed by atoms with Gasteiger partial charge in [-0.05, 0) is 44.4 Å². The largest absolute Gasteiger partial charge is 0.366 e. The van der Waals surface area contributed by atoms with E-state index < -0.39 is 0 Å². The Labute approximate surface area is 134 Å². The Balaban J connectivity index is 1.97. The summed E-state index contributed by atoms with van der Waals surface area (Å²) in [6, 6.07) is 4.13. The molecule has 3 heterocycles. The summed E-state index contributed by atoms with van der Waals surface area (Å²) in [6.07, 6.45) is 2.03. The van der Waals surface area contributed by atoms with E-state index in [1.807, 2.05) is 29.5 Å². The highest BCUT2D eigenvalue weighted by Crippen LogP contribution is 2.34. The van der Waals surface area contributed by atoms with Crippen LogP contribution in [0.2, 0.25) is 0 Å². The number of rotatable bonds is 3. The summed E-state index contributed by atoms with van der Waals surface area (Å²) in [5.41, 5.74) is 1.12. The fourth-order valence-electron chi connectivity index (χ4n) is 3.16. The van der Waals surface area contributed by atoms with Crippen LogP contribution in [0.25, 0.3) is 5.57 Å². The molecule has 0 radical (unpaired) electrons. The number of amides is 2. The second-order valence-electron chi connectivity index (χ2n) is 6.02. The first-order chi connectivity index (χ1) is 10.5. The van der Waals surface area contributed by atoms with Crippen LogP contribution in [0, 0.1) is 0 Å². The van der Waals surface area contributed by atoms with E-state index in [0.717, 1.165) is 30.8 Å². The highest BCUT2D eigenvalue weighted by atomic mass is 32.1. The molecule has 6 heteroatoms. The van der Waals surface area contributed by atoms with Gasteiger partial charge < -0.3 is 9.80 Å². The van der Waals surface area contributed by atoms with Crippen LogP contribution in [0.4, 0.5) is 0 Å². The van der Waals surface area contributed by atoms with Crippen LogP contribution in [0.3, 0.4) is 0 Å². The van der Waals surface area contributed by atoms with Crippen LogP contribution in [-0.2, 0) is 9.59 Å². The van der Waals surface area contributed by atoms with Gasteiger partial charge in [0.1, 0.15) is 5.70 Å². The first kappa shape index (κ1) is 15.2. The molecule has 2 aliphatic heterocycles. The third-order valence-electron chi connectivity index (χ3n) is 4.62. The maximum absolute atomic E-state index is 12.6. The van der Waals surface area contributed by atoms with Crippen LogP contribution < -0.4 is 0 Å². The molecular weight excluding hydrogens is 298 g/mol. The molecule has 22 heavy (non-hydrogen) atoms. The summed E-state index contributed by atoms with van der Waals surface area (Å²) < 4.78 is 0. The molecule has 1 aromatic rings. The molecule has 0 aliphatic carbocycles. The summed E-state index contributed by atoms with van der Waals surface area (Å²) in [5.74, 6) is -0.378. The van der Waals surface area contributed by atoms with Crippen molar-refractivity contribution in [1.82, 2.24) is 14.7 Å². The van der Waals surface area contributed by atoms with Crippen molar-refractivity contribution >= 4 is 28.7 Å². The van der Waals surface area contributed by atoms with E-state index in [9.17, 15) is 9.59 Å². The fraction of sp³-hybridized carbons (Fsp3) is 0.500. The molecule has 0 saturated carbocycles. The zero-order valence-corrected chi connectivity index (χ0v) is 14.0. The Bertz CT molecular complexity index is 615. The number of carbonyl (C=O) groups excluding carboxylic acids is 2. The molecule has 5 nitrogen and oxygen atoms in total. The summed E-state index contributed by atoms with van der Waals surface area (Å²) in [7, 11) is 5.63.